The fraction of sp³-hybridized carbons (Fsp3) is 0.174. The predicted octanol–water partition coefficient (Wildman–Crippen LogP) is 0.951. The molecule has 2 atom stereocenters. The number of imidazole rings is 2. The number of aromatic amines is 2. The first-order valence-corrected chi connectivity index (χ1v) is 15.2. The van der Waals surface area contributed by atoms with Crippen molar-refractivity contribution in [2.24, 2.45) is 0 Å². The van der Waals surface area contributed by atoms with Crippen LogP contribution < -0.4 is 21.4 Å². The van der Waals surface area contributed by atoms with E-state index in [1.165, 1.54) is 21.7 Å². The van der Waals surface area contributed by atoms with Crippen LogP contribution in [0.25, 0.3) is 22.4 Å². The lowest BCUT2D eigenvalue weighted by molar-refractivity contribution is -0.664. The van der Waals surface area contributed by atoms with Gasteiger partial charge in [-0.15, -0.1) is 0 Å². The van der Waals surface area contributed by atoms with Crippen LogP contribution in [0.5, 0.6) is 0 Å². The number of ether oxygens (including phenoxy) is 1. The quantitative estimate of drug-likeness (QED) is 0.0746. The number of hydrogen-bond acceptors (Lipinski definition) is 10. The molecule has 19 heteroatoms. The number of hydrogen-bond donors (Lipinski definition) is 5. The minimum atomic E-state index is -4.94. The SMILES string of the molecule is Nc1nc2c(c(=O)[nH]1)[n+](Cc1ccc(-c3ccccc3)[nH]c1=O)cn2COCCOP(=O)(O)OP(=O)(O)n1ccnc1. The zero-order valence-corrected chi connectivity index (χ0v) is 23.4. The van der Waals surface area contributed by atoms with Gasteiger partial charge in [0.15, 0.2) is 6.73 Å². The Morgan fingerprint density at radius 3 is 2.52 bits per heavy atom. The summed E-state index contributed by atoms with van der Waals surface area (Å²) in [6.07, 6.45) is 4.72. The summed E-state index contributed by atoms with van der Waals surface area (Å²) in [5, 5.41) is 0. The normalized spacial score (nSPS) is 14.5. The summed E-state index contributed by atoms with van der Waals surface area (Å²) in [5.74, 6) is -0.142. The Labute approximate surface area is 236 Å². The number of nitrogen functional groups attached to an aromatic ring is 1. The molecule has 0 aliphatic heterocycles. The van der Waals surface area contributed by atoms with E-state index < -0.39 is 27.7 Å². The van der Waals surface area contributed by atoms with Gasteiger partial charge in [-0.25, -0.2) is 23.0 Å². The third-order valence-electron chi connectivity index (χ3n) is 5.85. The number of rotatable bonds is 12. The molecule has 220 valence electrons. The number of nitrogens with zero attached hydrogens (tertiary/aromatic N) is 5. The van der Waals surface area contributed by atoms with Crippen molar-refractivity contribution in [2.75, 3.05) is 18.9 Å². The van der Waals surface area contributed by atoms with Crippen molar-refractivity contribution in [1.82, 2.24) is 28.8 Å². The topological polar surface area (TPSA) is 234 Å². The van der Waals surface area contributed by atoms with Crippen LogP contribution in [0.1, 0.15) is 5.56 Å². The second-order valence-electron chi connectivity index (χ2n) is 8.78. The number of pyridine rings is 1. The molecule has 0 fully saturated rings. The average molecular weight is 619 g/mol. The zero-order valence-electron chi connectivity index (χ0n) is 21.6. The lowest BCUT2D eigenvalue weighted by Crippen LogP contribution is -2.39. The van der Waals surface area contributed by atoms with Crippen LogP contribution in [0, 0.1) is 0 Å². The van der Waals surface area contributed by atoms with Crippen molar-refractivity contribution in [3.63, 3.8) is 0 Å². The van der Waals surface area contributed by atoms with Crippen molar-refractivity contribution in [3.8, 4) is 11.3 Å². The van der Waals surface area contributed by atoms with Crippen LogP contribution in [0.4, 0.5) is 5.95 Å². The Morgan fingerprint density at radius 2 is 1.81 bits per heavy atom. The van der Waals surface area contributed by atoms with Gasteiger partial charge in [-0.05, 0) is 17.7 Å². The minimum Gasteiger partial charge on any atom is -0.369 e. The summed E-state index contributed by atoms with van der Waals surface area (Å²) in [6, 6.07) is 12.8. The Hall–Kier alpha value is -4.21. The van der Waals surface area contributed by atoms with E-state index in [2.05, 4.69) is 24.2 Å². The van der Waals surface area contributed by atoms with E-state index in [9.17, 15) is 28.5 Å². The number of fused-ring (bicyclic) bond motifs is 1. The van der Waals surface area contributed by atoms with Crippen molar-refractivity contribution >= 4 is 32.7 Å². The van der Waals surface area contributed by atoms with Crippen LogP contribution in [-0.2, 0) is 36.0 Å². The molecule has 5 aromatic rings. The third-order valence-corrected chi connectivity index (χ3v) is 8.86. The zero-order chi connectivity index (χ0) is 29.9. The van der Waals surface area contributed by atoms with E-state index in [4.69, 9.17) is 15.0 Å². The summed E-state index contributed by atoms with van der Waals surface area (Å²) in [7, 11) is -9.66. The van der Waals surface area contributed by atoms with E-state index in [0.29, 0.717) is 15.6 Å². The molecule has 0 bridgehead atoms. The van der Waals surface area contributed by atoms with Gasteiger partial charge < -0.3 is 25.2 Å². The highest BCUT2D eigenvalue weighted by Gasteiger charge is 2.35. The van der Waals surface area contributed by atoms with Gasteiger partial charge in [-0.3, -0.25) is 19.1 Å². The molecule has 0 aliphatic carbocycles. The highest BCUT2D eigenvalue weighted by Crippen LogP contribution is 2.60. The van der Waals surface area contributed by atoms with Crippen LogP contribution >= 0.6 is 15.6 Å². The average Bonchev–Trinajstić information content (AvgIpc) is 3.59. The Bertz CT molecular complexity index is 1920. The van der Waals surface area contributed by atoms with E-state index in [1.54, 1.807) is 12.1 Å². The molecule has 0 amide bonds. The highest BCUT2D eigenvalue weighted by molar-refractivity contribution is 7.63. The van der Waals surface area contributed by atoms with Crippen LogP contribution in [0.3, 0.4) is 0 Å². The maximum Gasteiger partial charge on any atom is 0.480 e. The van der Waals surface area contributed by atoms with Gasteiger partial charge in [0.2, 0.25) is 12.3 Å². The molecule has 4 aromatic heterocycles. The first-order valence-electron chi connectivity index (χ1n) is 12.2. The largest absolute Gasteiger partial charge is 0.480 e. The molecule has 5 rings (SSSR count). The maximum atomic E-state index is 12.9. The number of anilines is 1. The van der Waals surface area contributed by atoms with Gasteiger partial charge in [0.25, 0.3) is 16.7 Å². The van der Waals surface area contributed by atoms with Gasteiger partial charge in [-0.1, -0.05) is 30.3 Å². The molecule has 0 saturated carbocycles. The first kappa shape index (κ1) is 29.3. The molecule has 2 unspecified atom stereocenters. The Morgan fingerprint density at radius 1 is 1.02 bits per heavy atom. The summed E-state index contributed by atoms with van der Waals surface area (Å²) >= 11 is 0. The molecule has 4 heterocycles. The molecular weight excluding hydrogens is 594 g/mol. The van der Waals surface area contributed by atoms with Gasteiger partial charge in [-0.2, -0.15) is 13.9 Å². The summed E-state index contributed by atoms with van der Waals surface area (Å²) < 4.78 is 42.4. The molecular formula is C23H25N8O9P2+. The highest BCUT2D eigenvalue weighted by atomic mass is 31.3. The smallest absolute Gasteiger partial charge is 0.369 e. The fourth-order valence-corrected chi connectivity index (χ4v) is 6.33. The van der Waals surface area contributed by atoms with Gasteiger partial charge in [0, 0.05) is 18.1 Å². The fourth-order valence-electron chi connectivity index (χ4n) is 4.00. The number of nitrogens with two attached hydrogens (primary N) is 1. The number of H-pyrrole nitrogens is 2. The van der Waals surface area contributed by atoms with E-state index in [-0.39, 0.29) is 42.6 Å². The van der Waals surface area contributed by atoms with E-state index in [0.717, 1.165) is 18.1 Å². The monoisotopic (exact) mass is 619 g/mol. The van der Waals surface area contributed by atoms with Crippen LogP contribution in [0.2, 0.25) is 0 Å². The molecule has 0 aliphatic rings. The van der Waals surface area contributed by atoms with E-state index >= 15 is 0 Å². The van der Waals surface area contributed by atoms with Crippen molar-refractivity contribution < 1.29 is 37.1 Å². The molecule has 0 radical (unpaired) electrons. The Kier molecular flexibility index (Phi) is 8.34. The number of phosphoric ester groups is 1. The second kappa shape index (κ2) is 12.0. The summed E-state index contributed by atoms with van der Waals surface area (Å²) in [5.41, 5.74) is 7.00. The predicted molar refractivity (Wildman–Crippen MR) is 147 cm³/mol. The molecule has 6 N–H and O–H groups in total. The van der Waals surface area contributed by atoms with Gasteiger partial charge in [0.1, 0.15) is 12.9 Å². The lowest BCUT2D eigenvalue weighted by Gasteiger charge is -2.16. The maximum absolute atomic E-state index is 12.9. The van der Waals surface area contributed by atoms with Crippen molar-refractivity contribution in [2.45, 2.75) is 13.3 Å². The number of benzene rings is 1. The van der Waals surface area contributed by atoms with Crippen molar-refractivity contribution in [1.29, 1.82) is 0 Å². The summed E-state index contributed by atoms with van der Waals surface area (Å²) in [6.45, 7) is -0.922. The van der Waals surface area contributed by atoms with Gasteiger partial charge in [0.05, 0.1) is 18.8 Å². The first-order chi connectivity index (χ1) is 20.0. The standard InChI is InChI=1S/C23H24N8O9P2/c24-23-27-20-19(22(33)28-23)29(12-17-6-7-18(26-21(17)32)16-4-2-1-3-5-16)14-30(20)15-38-10-11-39-42(36,37)40-41(34,35)31-9-8-25-13-31/h1-9,13-14H,10-12,15H2,(H5-,24,26,27,28,32,33,34,35,36,37)/p+1. The van der Waals surface area contributed by atoms with E-state index in [1.807, 2.05) is 30.3 Å². The third kappa shape index (κ3) is 6.64. The van der Waals surface area contributed by atoms with Crippen molar-refractivity contribution in [3.05, 3.63) is 93.8 Å². The number of aromatic nitrogens is 7. The van der Waals surface area contributed by atoms with Crippen LogP contribution in [0.15, 0.2) is 77.1 Å². The molecule has 1 aromatic carbocycles. The lowest BCUT2D eigenvalue weighted by atomic mass is 10.1. The summed E-state index contributed by atoms with van der Waals surface area (Å²) in [4.78, 5) is 58.3. The van der Waals surface area contributed by atoms with Crippen LogP contribution in [-0.4, -0.2) is 51.8 Å². The molecule has 42 heavy (non-hydrogen) atoms. The second-order valence-corrected chi connectivity index (χ2v) is 12.1. The van der Waals surface area contributed by atoms with Gasteiger partial charge >= 0.3 is 21.1 Å². The molecule has 0 saturated heterocycles. The Balaban J connectivity index is 1.27. The molecule has 17 nitrogen and oxygen atoms in total. The number of phosphoric acid groups is 1. The molecule has 0 spiro atoms. The minimum absolute atomic E-state index is 0.0227. The number of nitrogens with one attached hydrogen (secondary N) is 2.